The lowest BCUT2D eigenvalue weighted by Crippen LogP contribution is -2.12. The molecule has 0 saturated heterocycles. The van der Waals surface area contributed by atoms with Gasteiger partial charge in [-0.1, -0.05) is 5.16 Å². The van der Waals surface area contributed by atoms with E-state index in [1.54, 1.807) is 13.8 Å². The van der Waals surface area contributed by atoms with Crippen molar-refractivity contribution in [3.8, 4) is 0 Å². The molecule has 0 atom stereocenters. The number of hydrogen-bond acceptors (Lipinski definition) is 6. The molecule has 0 aliphatic carbocycles. The van der Waals surface area contributed by atoms with E-state index in [4.69, 9.17) is 15.1 Å². The third-order valence-electron chi connectivity index (χ3n) is 1.47. The molecule has 0 fully saturated rings. The lowest BCUT2D eigenvalue weighted by atomic mass is 10.2. The van der Waals surface area contributed by atoms with Crippen LogP contribution >= 0.6 is 0 Å². The molecule has 72 valence electrons. The number of nitrogens with two attached hydrogens (primary N) is 1. The van der Waals surface area contributed by atoms with Crippen LogP contribution in [0.3, 0.4) is 0 Å². The minimum Gasteiger partial charge on any atom is -0.462 e. The zero-order valence-electron chi connectivity index (χ0n) is 7.46. The Balaban J connectivity index is 2.96. The summed E-state index contributed by atoms with van der Waals surface area (Å²) in [6.45, 7) is 3.65. The molecule has 3 N–H and O–H groups in total. The maximum absolute atomic E-state index is 11.3. The van der Waals surface area contributed by atoms with Gasteiger partial charge in [0.2, 0.25) is 0 Å². The van der Waals surface area contributed by atoms with Gasteiger partial charge in [-0.05, 0) is 13.8 Å². The summed E-state index contributed by atoms with van der Waals surface area (Å²) in [6, 6.07) is 0. The van der Waals surface area contributed by atoms with Gasteiger partial charge >= 0.3 is 5.97 Å². The summed E-state index contributed by atoms with van der Waals surface area (Å²) in [4.78, 5) is 11.3. The van der Waals surface area contributed by atoms with Crippen LogP contribution in [0.15, 0.2) is 4.52 Å². The Labute approximate surface area is 75.0 Å². The van der Waals surface area contributed by atoms with Crippen LogP contribution in [-0.4, -0.2) is 17.7 Å². The summed E-state index contributed by atoms with van der Waals surface area (Å²) >= 11 is 0. The van der Waals surface area contributed by atoms with Crippen LogP contribution in [-0.2, 0) is 4.74 Å². The summed E-state index contributed by atoms with van der Waals surface area (Å²) in [5.74, 6) is 4.74. The molecule has 1 aromatic heterocycles. The topological polar surface area (TPSA) is 90.4 Å². The van der Waals surface area contributed by atoms with Crippen LogP contribution < -0.4 is 11.3 Å². The lowest BCUT2D eigenvalue weighted by Gasteiger charge is -2.00. The molecule has 13 heavy (non-hydrogen) atoms. The van der Waals surface area contributed by atoms with Crippen molar-refractivity contribution in [3.63, 3.8) is 0 Å². The number of nitrogens with one attached hydrogen (secondary N) is 1. The number of esters is 1. The van der Waals surface area contributed by atoms with Gasteiger partial charge in [0.1, 0.15) is 5.56 Å². The molecule has 0 amide bonds. The van der Waals surface area contributed by atoms with Crippen molar-refractivity contribution < 1.29 is 14.1 Å². The summed E-state index contributed by atoms with van der Waals surface area (Å²) < 4.78 is 9.50. The van der Waals surface area contributed by atoms with Crippen molar-refractivity contribution in [1.82, 2.24) is 5.16 Å². The molecule has 0 spiro atoms. The van der Waals surface area contributed by atoms with E-state index >= 15 is 0 Å². The van der Waals surface area contributed by atoms with Gasteiger partial charge in [-0.25, -0.2) is 10.6 Å². The Morgan fingerprint density at radius 1 is 1.77 bits per heavy atom. The molecule has 0 saturated carbocycles. The minimum absolute atomic E-state index is 0.121. The number of hydrogen-bond donors (Lipinski definition) is 2. The van der Waals surface area contributed by atoms with E-state index in [1.807, 2.05) is 0 Å². The van der Waals surface area contributed by atoms with Crippen molar-refractivity contribution in [2.45, 2.75) is 13.8 Å². The van der Waals surface area contributed by atoms with Gasteiger partial charge in [0, 0.05) is 0 Å². The Kier molecular flexibility index (Phi) is 2.86. The Bertz CT molecular complexity index is 308. The van der Waals surface area contributed by atoms with Crippen molar-refractivity contribution >= 4 is 11.9 Å². The fourth-order valence-corrected chi connectivity index (χ4v) is 0.912. The van der Waals surface area contributed by atoms with Gasteiger partial charge in [-0.15, -0.1) is 0 Å². The molecule has 1 rings (SSSR count). The third-order valence-corrected chi connectivity index (χ3v) is 1.47. The molecule has 1 heterocycles. The van der Waals surface area contributed by atoms with Crippen LogP contribution in [0.2, 0.25) is 0 Å². The SMILES string of the molecule is CCOC(=O)c1c(C)noc1NN. The predicted octanol–water partition coefficient (Wildman–Crippen LogP) is 0.445. The van der Waals surface area contributed by atoms with E-state index < -0.39 is 5.97 Å². The largest absolute Gasteiger partial charge is 0.462 e. The van der Waals surface area contributed by atoms with Crippen LogP contribution in [0.5, 0.6) is 0 Å². The Morgan fingerprint density at radius 2 is 2.46 bits per heavy atom. The van der Waals surface area contributed by atoms with E-state index in [1.165, 1.54) is 0 Å². The summed E-state index contributed by atoms with van der Waals surface area (Å²) in [7, 11) is 0. The van der Waals surface area contributed by atoms with Gasteiger partial charge in [0.25, 0.3) is 5.88 Å². The molecule has 0 aliphatic rings. The van der Waals surface area contributed by atoms with Gasteiger partial charge < -0.3 is 9.26 Å². The number of carbonyl (C=O) groups is 1. The zero-order chi connectivity index (χ0) is 9.84. The molecule has 1 aromatic rings. The second kappa shape index (κ2) is 3.90. The van der Waals surface area contributed by atoms with Crippen molar-refractivity contribution in [1.29, 1.82) is 0 Å². The number of anilines is 1. The highest BCUT2D eigenvalue weighted by molar-refractivity contribution is 5.95. The van der Waals surface area contributed by atoms with Crippen molar-refractivity contribution in [2.24, 2.45) is 5.84 Å². The van der Waals surface area contributed by atoms with Crippen molar-refractivity contribution in [3.05, 3.63) is 11.3 Å². The summed E-state index contributed by atoms with van der Waals surface area (Å²) in [6.07, 6.45) is 0. The first-order valence-electron chi connectivity index (χ1n) is 3.80. The van der Waals surface area contributed by atoms with Crippen LogP contribution in [0.25, 0.3) is 0 Å². The quantitative estimate of drug-likeness (QED) is 0.403. The van der Waals surface area contributed by atoms with Crippen LogP contribution in [0, 0.1) is 6.92 Å². The normalized spacial score (nSPS) is 9.77. The highest BCUT2D eigenvalue weighted by Gasteiger charge is 2.20. The zero-order valence-corrected chi connectivity index (χ0v) is 7.46. The smallest absolute Gasteiger partial charge is 0.345 e. The number of ether oxygens (including phenoxy) is 1. The number of carbonyl (C=O) groups excluding carboxylic acids is 1. The minimum atomic E-state index is -0.491. The lowest BCUT2D eigenvalue weighted by molar-refractivity contribution is 0.0526. The number of nitrogens with zero attached hydrogens (tertiary/aromatic N) is 1. The fraction of sp³-hybridized carbons (Fsp3) is 0.429. The standard InChI is InChI=1S/C7H11N3O3/c1-3-12-7(11)5-4(2)10-13-6(5)9-8/h9H,3,8H2,1-2H3. The average Bonchev–Trinajstić information content (AvgIpc) is 2.47. The highest BCUT2D eigenvalue weighted by atomic mass is 16.5. The second-order valence-corrected chi connectivity index (χ2v) is 2.34. The first-order chi connectivity index (χ1) is 6.20. The molecule has 0 unspecified atom stereocenters. The number of hydrazine groups is 1. The predicted molar refractivity (Wildman–Crippen MR) is 45.0 cm³/mol. The third kappa shape index (κ3) is 1.78. The first kappa shape index (κ1) is 9.53. The summed E-state index contributed by atoms with van der Waals surface area (Å²) in [5.41, 5.74) is 2.92. The molecular weight excluding hydrogens is 174 g/mol. The second-order valence-electron chi connectivity index (χ2n) is 2.34. The Hall–Kier alpha value is -1.56. The van der Waals surface area contributed by atoms with Gasteiger partial charge in [-0.3, -0.25) is 5.43 Å². The molecule has 6 heteroatoms. The molecule has 0 bridgehead atoms. The number of nitrogen functional groups attached to an aromatic ring is 1. The van der Waals surface area contributed by atoms with E-state index in [0.29, 0.717) is 12.3 Å². The van der Waals surface area contributed by atoms with Crippen molar-refractivity contribution in [2.75, 3.05) is 12.0 Å². The van der Waals surface area contributed by atoms with E-state index in [2.05, 4.69) is 10.6 Å². The van der Waals surface area contributed by atoms with E-state index in [0.717, 1.165) is 0 Å². The molecule has 6 nitrogen and oxygen atoms in total. The van der Waals surface area contributed by atoms with Gasteiger partial charge in [-0.2, -0.15) is 0 Å². The van der Waals surface area contributed by atoms with Gasteiger partial charge in [0.15, 0.2) is 0 Å². The maximum atomic E-state index is 11.3. The molecule has 0 aromatic carbocycles. The van der Waals surface area contributed by atoms with Crippen LogP contribution in [0.4, 0.5) is 5.88 Å². The average molecular weight is 185 g/mol. The highest BCUT2D eigenvalue weighted by Crippen LogP contribution is 2.18. The molecule has 0 aliphatic heterocycles. The summed E-state index contributed by atoms with van der Waals surface area (Å²) in [5, 5.41) is 3.57. The van der Waals surface area contributed by atoms with E-state index in [-0.39, 0.29) is 11.4 Å². The number of aryl methyl sites for hydroxylation is 1. The fourth-order valence-electron chi connectivity index (χ4n) is 0.912. The molecular formula is C7H11N3O3. The maximum Gasteiger partial charge on any atom is 0.345 e. The van der Waals surface area contributed by atoms with Gasteiger partial charge in [0.05, 0.1) is 12.3 Å². The Morgan fingerprint density at radius 3 is 3.00 bits per heavy atom. The number of rotatable bonds is 3. The molecule has 0 radical (unpaired) electrons. The monoisotopic (exact) mass is 185 g/mol. The number of aromatic nitrogens is 1. The van der Waals surface area contributed by atoms with E-state index in [9.17, 15) is 4.79 Å². The first-order valence-corrected chi connectivity index (χ1v) is 3.80. The van der Waals surface area contributed by atoms with Crippen LogP contribution in [0.1, 0.15) is 23.0 Å².